The van der Waals surface area contributed by atoms with E-state index in [1.165, 1.54) is 0 Å². The first-order valence-electron chi connectivity index (χ1n) is 12.1. The van der Waals surface area contributed by atoms with Gasteiger partial charge in [-0.2, -0.15) is 0 Å². The molecular weight excluding hydrogens is 458 g/mol. The highest BCUT2D eigenvalue weighted by atomic mass is 32.2. The number of nitrogens with one attached hydrogen (secondary N) is 1. The average Bonchev–Trinajstić information content (AvgIpc) is 3.40. The third-order valence-corrected chi connectivity index (χ3v) is 8.00. The Morgan fingerprint density at radius 2 is 1.68 bits per heavy atom. The van der Waals surface area contributed by atoms with Crippen molar-refractivity contribution in [3.63, 3.8) is 0 Å². The molecule has 3 rings (SSSR count). The smallest absolute Gasteiger partial charge is 0.238 e. The van der Waals surface area contributed by atoms with Crippen LogP contribution >= 0.6 is 0 Å². The van der Waals surface area contributed by atoms with Gasteiger partial charge in [0.05, 0.1) is 37.8 Å². The summed E-state index contributed by atoms with van der Waals surface area (Å²) in [6.07, 6.45) is 4.42. The molecule has 1 aliphatic carbocycles. The molecule has 0 spiro atoms. The van der Waals surface area contributed by atoms with Crippen LogP contribution in [-0.4, -0.2) is 87.0 Å². The van der Waals surface area contributed by atoms with Gasteiger partial charge in [0, 0.05) is 23.8 Å². The molecule has 1 aromatic carbocycles. The number of hydrogen-bond acceptors (Lipinski definition) is 7. The predicted octanol–water partition coefficient (Wildman–Crippen LogP) is 2.31. The third kappa shape index (κ3) is 7.09. The lowest BCUT2D eigenvalue weighted by molar-refractivity contribution is -0.136. The Balaban J connectivity index is 1.59. The van der Waals surface area contributed by atoms with Crippen LogP contribution in [0.15, 0.2) is 18.2 Å². The van der Waals surface area contributed by atoms with Crippen molar-refractivity contribution in [1.29, 1.82) is 0 Å². The molecule has 0 radical (unpaired) electrons. The molecule has 1 aromatic rings. The number of hydrogen-bond donors (Lipinski definition) is 1. The first kappa shape index (κ1) is 26.3. The fourth-order valence-corrected chi connectivity index (χ4v) is 6.54. The maximum atomic E-state index is 13.2. The van der Waals surface area contributed by atoms with E-state index in [2.05, 4.69) is 5.32 Å². The van der Waals surface area contributed by atoms with E-state index in [9.17, 15) is 18.0 Å². The maximum absolute atomic E-state index is 13.2. The summed E-state index contributed by atoms with van der Waals surface area (Å²) in [5, 5.41) is 2.84. The maximum Gasteiger partial charge on any atom is 0.238 e. The molecule has 1 saturated heterocycles. The van der Waals surface area contributed by atoms with Crippen LogP contribution in [0.3, 0.4) is 0 Å². The molecule has 190 valence electrons. The number of sulfone groups is 1. The molecular formula is C24H37N3O6S. The van der Waals surface area contributed by atoms with Crippen LogP contribution in [0.5, 0.6) is 11.5 Å². The lowest BCUT2D eigenvalue weighted by Crippen LogP contribution is -2.50. The highest BCUT2D eigenvalue weighted by Gasteiger charge is 2.39. The number of carbonyl (C=O) groups is 2. The van der Waals surface area contributed by atoms with Crippen molar-refractivity contribution in [1.82, 2.24) is 9.80 Å². The number of anilines is 1. The minimum Gasteiger partial charge on any atom is -0.490 e. The fraction of sp³-hybridized carbons (Fsp3) is 0.667. The zero-order chi connectivity index (χ0) is 24.7. The van der Waals surface area contributed by atoms with Crippen LogP contribution in [0.4, 0.5) is 5.69 Å². The number of carbonyl (C=O) groups excluding carboxylic acids is 2. The number of rotatable bonds is 11. The Morgan fingerprint density at radius 3 is 2.29 bits per heavy atom. The average molecular weight is 496 g/mol. The second-order valence-electron chi connectivity index (χ2n) is 9.04. The highest BCUT2D eigenvalue weighted by Crippen LogP contribution is 2.31. The quantitative estimate of drug-likeness (QED) is 0.502. The second-order valence-corrected chi connectivity index (χ2v) is 11.3. The molecule has 0 aromatic heterocycles. The Bertz CT molecular complexity index is 961. The summed E-state index contributed by atoms with van der Waals surface area (Å²) in [6, 6.07) is 5.06. The molecule has 2 aliphatic rings. The molecule has 2 amide bonds. The normalized spacial score (nSPS) is 19.8. The Kier molecular flexibility index (Phi) is 9.18. The zero-order valence-corrected chi connectivity index (χ0v) is 21.2. The Morgan fingerprint density at radius 1 is 1.00 bits per heavy atom. The minimum atomic E-state index is -3.09. The van der Waals surface area contributed by atoms with E-state index in [0.29, 0.717) is 36.8 Å². The largest absolute Gasteiger partial charge is 0.490 e. The van der Waals surface area contributed by atoms with Gasteiger partial charge in [-0.05, 0) is 52.3 Å². The van der Waals surface area contributed by atoms with Gasteiger partial charge in [-0.1, -0.05) is 12.8 Å². The molecule has 1 aliphatic heterocycles. The molecule has 1 atom stereocenters. The van der Waals surface area contributed by atoms with Gasteiger partial charge in [0.15, 0.2) is 21.3 Å². The number of ether oxygens (including phenoxy) is 2. The van der Waals surface area contributed by atoms with E-state index in [4.69, 9.17) is 9.47 Å². The summed E-state index contributed by atoms with van der Waals surface area (Å²) in [6.45, 7) is 4.85. The summed E-state index contributed by atoms with van der Waals surface area (Å²) < 4.78 is 35.2. The summed E-state index contributed by atoms with van der Waals surface area (Å²) in [4.78, 5) is 29.3. The molecule has 10 heteroatoms. The van der Waals surface area contributed by atoms with Crippen molar-refractivity contribution in [3.05, 3.63) is 18.2 Å². The van der Waals surface area contributed by atoms with Gasteiger partial charge in [-0.25, -0.2) is 8.42 Å². The SMILES string of the molecule is CCOc1ccc(NC(=O)CN(C)CC(=O)N(C2CCCC2)C2CCS(=O)(=O)C2)cc1OCC. The molecule has 1 unspecified atom stereocenters. The summed E-state index contributed by atoms with van der Waals surface area (Å²) in [5.41, 5.74) is 0.584. The minimum absolute atomic E-state index is 0.0321. The highest BCUT2D eigenvalue weighted by molar-refractivity contribution is 7.91. The lowest BCUT2D eigenvalue weighted by Gasteiger charge is -2.35. The summed E-state index contributed by atoms with van der Waals surface area (Å²) in [5.74, 6) is 0.995. The number of nitrogens with zero attached hydrogens (tertiary/aromatic N) is 2. The monoisotopic (exact) mass is 495 g/mol. The van der Waals surface area contributed by atoms with Crippen LogP contribution < -0.4 is 14.8 Å². The van der Waals surface area contributed by atoms with E-state index in [1.807, 2.05) is 18.7 Å². The number of amides is 2. The van der Waals surface area contributed by atoms with Crippen molar-refractivity contribution in [2.45, 2.75) is 58.0 Å². The molecule has 2 fully saturated rings. The molecule has 1 heterocycles. The van der Waals surface area contributed by atoms with E-state index in [0.717, 1.165) is 25.7 Å². The molecule has 9 nitrogen and oxygen atoms in total. The fourth-order valence-electron chi connectivity index (χ4n) is 4.83. The summed E-state index contributed by atoms with van der Waals surface area (Å²) in [7, 11) is -1.37. The van der Waals surface area contributed by atoms with E-state index >= 15 is 0 Å². The van der Waals surface area contributed by atoms with Crippen molar-refractivity contribution in [3.8, 4) is 11.5 Å². The predicted molar refractivity (Wildman–Crippen MR) is 131 cm³/mol. The first-order chi connectivity index (χ1) is 16.2. The topological polar surface area (TPSA) is 105 Å². The van der Waals surface area contributed by atoms with Gasteiger partial charge in [-0.3, -0.25) is 14.5 Å². The van der Waals surface area contributed by atoms with Crippen molar-refractivity contribution >= 4 is 27.3 Å². The van der Waals surface area contributed by atoms with Crippen LogP contribution in [-0.2, 0) is 19.4 Å². The van der Waals surface area contributed by atoms with Gasteiger partial charge < -0.3 is 19.7 Å². The zero-order valence-electron chi connectivity index (χ0n) is 20.4. The van der Waals surface area contributed by atoms with E-state index in [1.54, 1.807) is 30.1 Å². The van der Waals surface area contributed by atoms with Gasteiger partial charge in [-0.15, -0.1) is 0 Å². The number of likely N-dealkylation sites (N-methyl/N-ethyl adjacent to an activating group) is 1. The van der Waals surface area contributed by atoms with Crippen molar-refractivity contribution < 1.29 is 27.5 Å². The van der Waals surface area contributed by atoms with E-state index < -0.39 is 9.84 Å². The van der Waals surface area contributed by atoms with Crippen molar-refractivity contribution in [2.75, 3.05) is 50.2 Å². The summed E-state index contributed by atoms with van der Waals surface area (Å²) >= 11 is 0. The standard InChI is InChI=1S/C24H37N3O6S/c1-4-32-21-11-10-18(14-22(21)33-5-2)25-23(28)15-26(3)16-24(29)27(19-8-6-7-9-19)20-12-13-34(30,31)17-20/h10-11,14,19-20H,4-9,12-13,15-17H2,1-3H3,(H,25,28). The van der Waals surface area contributed by atoms with Crippen molar-refractivity contribution in [2.24, 2.45) is 0 Å². The van der Waals surface area contributed by atoms with Crippen LogP contribution in [0.25, 0.3) is 0 Å². The molecule has 0 bridgehead atoms. The number of benzene rings is 1. The third-order valence-electron chi connectivity index (χ3n) is 6.25. The van der Waals surface area contributed by atoms with Crippen LogP contribution in [0, 0.1) is 0 Å². The van der Waals surface area contributed by atoms with E-state index in [-0.39, 0.29) is 48.5 Å². The van der Waals surface area contributed by atoms with Crippen LogP contribution in [0.1, 0.15) is 46.0 Å². The Labute approximate surface area is 202 Å². The first-order valence-corrected chi connectivity index (χ1v) is 13.9. The second kappa shape index (κ2) is 11.9. The van der Waals surface area contributed by atoms with Gasteiger partial charge >= 0.3 is 0 Å². The van der Waals surface area contributed by atoms with Gasteiger partial charge in [0.1, 0.15) is 0 Å². The molecule has 1 N–H and O–H groups in total. The van der Waals surface area contributed by atoms with Gasteiger partial charge in [0.25, 0.3) is 0 Å². The van der Waals surface area contributed by atoms with Crippen LogP contribution in [0.2, 0.25) is 0 Å². The van der Waals surface area contributed by atoms with Gasteiger partial charge in [0.2, 0.25) is 11.8 Å². The Hall–Kier alpha value is -2.33. The molecule has 34 heavy (non-hydrogen) atoms. The lowest BCUT2D eigenvalue weighted by atomic mass is 10.1. The molecule has 1 saturated carbocycles.